The van der Waals surface area contributed by atoms with Crippen molar-refractivity contribution in [2.24, 2.45) is 0 Å². The van der Waals surface area contributed by atoms with E-state index >= 15 is 0 Å². The molecule has 1 aromatic heterocycles. The predicted octanol–water partition coefficient (Wildman–Crippen LogP) is 2.17. The molecule has 0 spiro atoms. The van der Waals surface area contributed by atoms with Crippen LogP contribution in [0.3, 0.4) is 0 Å². The Morgan fingerprint density at radius 3 is 2.59 bits per heavy atom. The Kier molecular flexibility index (Phi) is 2.82. The molecule has 0 radical (unpaired) electrons. The van der Waals surface area contributed by atoms with Crippen LogP contribution in [0.15, 0.2) is 36.5 Å². The molecule has 1 heterocycles. The fourth-order valence-electron chi connectivity index (χ4n) is 1.35. The molecule has 1 aromatic carbocycles. The Labute approximate surface area is 95.9 Å². The molecule has 0 saturated carbocycles. The molecule has 2 aromatic rings. The summed E-state index contributed by atoms with van der Waals surface area (Å²) in [7, 11) is 0. The quantitative estimate of drug-likeness (QED) is 0.810. The highest BCUT2D eigenvalue weighted by Crippen LogP contribution is 2.14. The van der Waals surface area contributed by atoms with E-state index in [2.05, 4.69) is 4.98 Å². The van der Waals surface area contributed by atoms with Gasteiger partial charge in [-0.2, -0.15) is 0 Å². The number of carbonyl (C=O) groups excluding carboxylic acids is 1. The van der Waals surface area contributed by atoms with Crippen molar-refractivity contribution in [1.29, 1.82) is 0 Å². The summed E-state index contributed by atoms with van der Waals surface area (Å²) in [6, 6.07) is 5.53. The van der Waals surface area contributed by atoms with E-state index < -0.39 is 17.4 Å². The molecule has 0 aliphatic rings. The lowest BCUT2D eigenvalue weighted by atomic mass is 10.1. The van der Waals surface area contributed by atoms with Crippen molar-refractivity contribution in [3.8, 4) is 0 Å². The minimum absolute atomic E-state index is 0.0173. The number of nitrogen functional groups attached to an aromatic ring is 1. The molecule has 0 aliphatic carbocycles. The van der Waals surface area contributed by atoms with E-state index in [1.807, 2.05) is 0 Å². The monoisotopic (exact) mass is 234 g/mol. The first-order chi connectivity index (χ1) is 8.08. The van der Waals surface area contributed by atoms with Crippen LogP contribution in [-0.4, -0.2) is 10.8 Å². The van der Waals surface area contributed by atoms with Gasteiger partial charge in [0, 0.05) is 0 Å². The highest BCUT2D eigenvalue weighted by atomic mass is 19.1. The maximum absolute atomic E-state index is 13.3. The van der Waals surface area contributed by atoms with Crippen LogP contribution in [0.5, 0.6) is 0 Å². The van der Waals surface area contributed by atoms with Gasteiger partial charge < -0.3 is 5.73 Å². The summed E-state index contributed by atoms with van der Waals surface area (Å²) in [5.74, 6) is -2.14. The molecule has 0 fully saturated rings. The Morgan fingerprint density at radius 2 is 1.94 bits per heavy atom. The second kappa shape index (κ2) is 4.29. The van der Waals surface area contributed by atoms with Gasteiger partial charge in [-0.3, -0.25) is 9.78 Å². The van der Waals surface area contributed by atoms with E-state index in [4.69, 9.17) is 5.73 Å². The summed E-state index contributed by atoms with van der Waals surface area (Å²) < 4.78 is 26.3. The number of pyridine rings is 1. The Morgan fingerprint density at radius 1 is 1.18 bits per heavy atom. The molecule has 0 amide bonds. The number of nitrogens with two attached hydrogens (primary N) is 1. The number of halogens is 2. The summed E-state index contributed by atoms with van der Waals surface area (Å²) >= 11 is 0. The maximum Gasteiger partial charge on any atom is 0.214 e. The van der Waals surface area contributed by atoms with Crippen molar-refractivity contribution in [2.75, 3.05) is 5.73 Å². The van der Waals surface area contributed by atoms with E-state index in [0.29, 0.717) is 5.69 Å². The van der Waals surface area contributed by atoms with Crippen LogP contribution >= 0.6 is 0 Å². The van der Waals surface area contributed by atoms with Gasteiger partial charge in [-0.1, -0.05) is 0 Å². The van der Waals surface area contributed by atoms with Gasteiger partial charge in [-0.15, -0.1) is 0 Å². The number of hydrogen-bond donors (Lipinski definition) is 1. The Bertz CT molecular complexity index is 567. The van der Waals surface area contributed by atoms with Crippen molar-refractivity contribution in [1.82, 2.24) is 4.98 Å². The van der Waals surface area contributed by atoms with Crippen LogP contribution in [0.25, 0.3) is 0 Å². The van der Waals surface area contributed by atoms with E-state index in [0.717, 1.165) is 18.2 Å². The lowest BCUT2D eigenvalue weighted by molar-refractivity contribution is 0.103. The lowest BCUT2D eigenvalue weighted by Gasteiger charge is -2.02. The molecule has 0 aliphatic heterocycles. The molecule has 2 rings (SSSR count). The number of nitrogens with zero attached hydrogens (tertiary/aromatic N) is 1. The third kappa shape index (κ3) is 2.28. The van der Waals surface area contributed by atoms with E-state index in [-0.39, 0.29) is 11.3 Å². The van der Waals surface area contributed by atoms with Gasteiger partial charge in [0.15, 0.2) is 0 Å². The average Bonchev–Trinajstić information content (AvgIpc) is 2.32. The fourth-order valence-corrected chi connectivity index (χ4v) is 1.35. The summed E-state index contributed by atoms with van der Waals surface area (Å²) in [6.45, 7) is 0. The number of anilines is 1. The van der Waals surface area contributed by atoms with Crippen LogP contribution in [0, 0.1) is 11.6 Å². The van der Waals surface area contributed by atoms with Crippen LogP contribution in [0.2, 0.25) is 0 Å². The molecule has 0 atom stereocenters. The van der Waals surface area contributed by atoms with Gasteiger partial charge in [-0.05, 0) is 30.3 Å². The third-order valence-electron chi connectivity index (χ3n) is 2.19. The number of ketones is 1. The first kappa shape index (κ1) is 11.2. The summed E-state index contributed by atoms with van der Waals surface area (Å²) in [6.07, 6.45) is 1.28. The van der Waals surface area contributed by atoms with Crippen molar-refractivity contribution in [2.45, 2.75) is 0 Å². The van der Waals surface area contributed by atoms with Crippen molar-refractivity contribution in [3.63, 3.8) is 0 Å². The van der Waals surface area contributed by atoms with Gasteiger partial charge in [0.2, 0.25) is 5.78 Å². The molecular weight excluding hydrogens is 226 g/mol. The fraction of sp³-hybridized carbons (Fsp3) is 0. The Balaban J connectivity index is 2.43. The summed E-state index contributed by atoms with van der Waals surface area (Å²) in [4.78, 5) is 15.6. The predicted molar refractivity (Wildman–Crippen MR) is 58.4 cm³/mol. The highest BCUT2D eigenvalue weighted by Gasteiger charge is 2.15. The zero-order valence-corrected chi connectivity index (χ0v) is 8.65. The summed E-state index contributed by atoms with van der Waals surface area (Å²) in [5.41, 5.74) is 5.47. The number of rotatable bonds is 2. The van der Waals surface area contributed by atoms with Gasteiger partial charge in [-0.25, -0.2) is 8.78 Å². The molecule has 5 heteroatoms. The van der Waals surface area contributed by atoms with E-state index in [1.165, 1.54) is 18.3 Å². The SMILES string of the molecule is Nc1ccc(C(=O)c2cc(F)ccc2F)nc1. The van der Waals surface area contributed by atoms with Crippen LogP contribution in [0.4, 0.5) is 14.5 Å². The van der Waals surface area contributed by atoms with E-state index in [9.17, 15) is 13.6 Å². The Hall–Kier alpha value is -2.30. The standard InChI is InChI=1S/C12H8F2N2O/c13-7-1-3-10(14)9(5-7)12(17)11-4-2-8(15)6-16-11/h1-6H,15H2. The van der Waals surface area contributed by atoms with Crippen LogP contribution < -0.4 is 5.73 Å². The largest absolute Gasteiger partial charge is 0.397 e. The third-order valence-corrected chi connectivity index (χ3v) is 2.19. The normalized spacial score (nSPS) is 10.2. The second-order valence-corrected chi connectivity index (χ2v) is 3.43. The van der Waals surface area contributed by atoms with Crippen molar-refractivity contribution in [3.05, 3.63) is 59.4 Å². The molecule has 0 unspecified atom stereocenters. The zero-order valence-electron chi connectivity index (χ0n) is 8.65. The van der Waals surface area contributed by atoms with Gasteiger partial charge in [0.05, 0.1) is 17.4 Å². The van der Waals surface area contributed by atoms with Crippen LogP contribution in [0.1, 0.15) is 16.1 Å². The van der Waals surface area contributed by atoms with Crippen LogP contribution in [-0.2, 0) is 0 Å². The van der Waals surface area contributed by atoms with Gasteiger partial charge in [0.25, 0.3) is 0 Å². The maximum atomic E-state index is 13.3. The topological polar surface area (TPSA) is 56.0 Å². The average molecular weight is 234 g/mol. The lowest BCUT2D eigenvalue weighted by Crippen LogP contribution is -2.07. The molecule has 17 heavy (non-hydrogen) atoms. The highest BCUT2D eigenvalue weighted by molar-refractivity contribution is 6.07. The number of hydrogen-bond acceptors (Lipinski definition) is 3. The molecular formula is C12H8F2N2O. The number of aromatic nitrogens is 1. The van der Waals surface area contributed by atoms with Crippen molar-refractivity contribution < 1.29 is 13.6 Å². The first-order valence-electron chi connectivity index (χ1n) is 4.79. The summed E-state index contributed by atoms with van der Waals surface area (Å²) in [5, 5.41) is 0. The second-order valence-electron chi connectivity index (χ2n) is 3.43. The zero-order chi connectivity index (χ0) is 12.4. The smallest absolute Gasteiger partial charge is 0.214 e. The van der Waals surface area contributed by atoms with Crippen molar-refractivity contribution >= 4 is 11.5 Å². The van der Waals surface area contributed by atoms with Gasteiger partial charge in [0.1, 0.15) is 17.3 Å². The number of benzene rings is 1. The molecule has 3 nitrogen and oxygen atoms in total. The molecule has 0 bridgehead atoms. The van der Waals surface area contributed by atoms with Gasteiger partial charge >= 0.3 is 0 Å². The van der Waals surface area contributed by atoms with E-state index in [1.54, 1.807) is 0 Å². The molecule has 0 saturated heterocycles. The molecule has 2 N–H and O–H groups in total. The minimum Gasteiger partial charge on any atom is -0.397 e. The molecule has 86 valence electrons. The minimum atomic E-state index is -0.782. The first-order valence-corrected chi connectivity index (χ1v) is 4.79. The number of carbonyl (C=O) groups is 1.